The number of ether oxygens (including phenoxy) is 1. The zero-order chi connectivity index (χ0) is 18.7. The Hall–Kier alpha value is -2.88. The number of aryl methyl sites for hydroxylation is 1. The quantitative estimate of drug-likeness (QED) is 0.814. The van der Waals surface area contributed by atoms with Crippen LogP contribution in [0.2, 0.25) is 0 Å². The molecule has 0 bridgehead atoms. The van der Waals surface area contributed by atoms with Gasteiger partial charge in [-0.1, -0.05) is 42.5 Å². The second-order valence-corrected chi connectivity index (χ2v) is 6.71. The number of hydrogen-bond donors (Lipinski definition) is 1. The maximum Gasteiger partial charge on any atom is 0.334 e. The molecule has 0 spiro atoms. The van der Waals surface area contributed by atoms with E-state index in [1.54, 1.807) is 6.08 Å². The summed E-state index contributed by atoms with van der Waals surface area (Å²) in [6.07, 6.45) is 3.08. The molecule has 0 aromatic heterocycles. The minimum atomic E-state index is -1.88. The summed E-state index contributed by atoms with van der Waals surface area (Å²) in [6.45, 7) is 3.74. The molecule has 0 saturated heterocycles. The number of halogens is 1. The highest BCUT2D eigenvalue weighted by Gasteiger charge is 2.36. The largest absolute Gasteiger partial charge is 0.489 e. The number of hydrogen-bond acceptors (Lipinski definition) is 2. The lowest BCUT2D eigenvalue weighted by molar-refractivity contribution is -0.134. The summed E-state index contributed by atoms with van der Waals surface area (Å²) in [4.78, 5) is 11.1. The smallest absolute Gasteiger partial charge is 0.334 e. The Morgan fingerprint density at radius 2 is 1.92 bits per heavy atom. The summed E-state index contributed by atoms with van der Waals surface area (Å²) < 4.78 is 20.6. The van der Waals surface area contributed by atoms with Gasteiger partial charge in [0.2, 0.25) is 0 Å². The second-order valence-electron chi connectivity index (χ2n) is 6.71. The van der Waals surface area contributed by atoms with Crippen molar-refractivity contribution in [1.82, 2.24) is 0 Å². The molecule has 134 valence electrons. The Bertz CT molecular complexity index is 880. The van der Waals surface area contributed by atoms with Crippen LogP contribution in [0, 0.1) is 6.92 Å². The molecular formula is C22H21FO3. The molecule has 0 fully saturated rings. The van der Waals surface area contributed by atoms with Crippen LogP contribution >= 0.6 is 0 Å². The van der Waals surface area contributed by atoms with E-state index in [-0.39, 0.29) is 12.0 Å². The maximum absolute atomic E-state index is 14.7. The first kappa shape index (κ1) is 17.9. The highest BCUT2D eigenvalue weighted by Crippen LogP contribution is 2.38. The van der Waals surface area contributed by atoms with Crippen LogP contribution in [0.15, 0.2) is 66.3 Å². The van der Waals surface area contributed by atoms with Crippen LogP contribution in [-0.4, -0.2) is 16.7 Å². The first-order chi connectivity index (χ1) is 12.4. The molecule has 3 rings (SSSR count). The number of carboxylic acid groups (broad SMARTS) is 1. The van der Waals surface area contributed by atoms with Crippen LogP contribution in [0.5, 0.6) is 5.75 Å². The lowest BCUT2D eigenvalue weighted by Gasteiger charge is -2.26. The predicted octanol–water partition coefficient (Wildman–Crippen LogP) is 5.10. The molecule has 2 aromatic rings. The van der Waals surface area contributed by atoms with E-state index in [0.29, 0.717) is 6.61 Å². The van der Waals surface area contributed by atoms with Gasteiger partial charge < -0.3 is 9.84 Å². The number of carboxylic acids is 1. The third kappa shape index (κ3) is 3.85. The summed E-state index contributed by atoms with van der Waals surface area (Å²) in [7, 11) is 0. The summed E-state index contributed by atoms with van der Waals surface area (Å²) in [5.41, 5.74) is 1.60. The Kier molecular flexibility index (Phi) is 4.94. The van der Waals surface area contributed by atoms with Crippen LogP contribution in [0.3, 0.4) is 0 Å². The standard InChI is InChI=1S/C22H21FO3/c1-15-12-17(18-8-10-19(21(24)25)22(2,23)13-18)9-11-20(15)26-14-16-6-4-3-5-7-16/h3-12H,13-14H2,1-2H3,(H,24,25). The molecule has 1 N–H and O–H groups in total. The van der Waals surface area contributed by atoms with Gasteiger partial charge in [0.1, 0.15) is 18.0 Å². The van der Waals surface area contributed by atoms with Gasteiger partial charge >= 0.3 is 5.97 Å². The number of allylic oxidation sites excluding steroid dienone is 3. The molecule has 0 amide bonds. The zero-order valence-corrected chi connectivity index (χ0v) is 14.8. The molecule has 1 aliphatic rings. The maximum atomic E-state index is 14.7. The van der Waals surface area contributed by atoms with Crippen molar-refractivity contribution >= 4 is 11.5 Å². The van der Waals surface area contributed by atoms with Crippen molar-refractivity contribution in [3.63, 3.8) is 0 Å². The average Bonchev–Trinajstić information content (AvgIpc) is 2.60. The first-order valence-corrected chi connectivity index (χ1v) is 8.48. The van der Waals surface area contributed by atoms with E-state index in [9.17, 15) is 9.18 Å². The molecule has 0 heterocycles. The molecule has 0 radical (unpaired) electrons. The van der Waals surface area contributed by atoms with Gasteiger partial charge in [0.15, 0.2) is 0 Å². The van der Waals surface area contributed by atoms with Crippen LogP contribution in [0.4, 0.5) is 4.39 Å². The molecule has 0 saturated carbocycles. The lowest BCUT2D eigenvalue weighted by Crippen LogP contribution is -2.28. The highest BCUT2D eigenvalue weighted by atomic mass is 19.1. The van der Waals surface area contributed by atoms with E-state index in [1.807, 2.05) is 55.5 Å². The van der Waals surface area contributed by atoms with E-state index < -0.39 is 11.6 Å². The van der Waals surface area contributed by atoms with Crippen molar-refractivity contribution in [3.8, 4) is 5.75 Å². The van der Waals surface area contributed by atoms with E-state index in [0.717, 1.165) is 28.0 Å². The molecular weight excluding hydrogens is 331 g/mol. The molecule has 3 nitrogen and oxygen atoms in total. The number of aliphatic carboxylic acids is 1. The Labute approximate surface area is 152 Å². The summed E-state index contributed by atoms with van der Waals surface area (Å²) in [5.74, 6) is -0.440. The number of benzene rings is 2. The second kappa shape index (κ2) is 7.16. The van der Waals surface area contributed by atoms with Crippen LogP contribution in [0.1, 0.15) is 30.0 Å². The van der Waals surface area contributed by atoms with Gasteiger partial charge in [0.25, 0.3) is 0 Å². The molecule has 1 unspecified atom stereocenters. The summed E-state index contributed by atoms with van der Waals surface area (Å²) in [6, 6.07) is 15.6. The summed E-state index contributed by atoms with van der Waals surface area (Å²) >= 11 is 0. The van der Waals surface area contributed by atoms with Crippen molar-refractivity contribution < 1.29 is 19.0 Å². The van der Waals surface area contributed by atoms with Crippen molar-refractivity contribution in [1.29, 1.82) is 0 Å². The van der Waals surface area contributed by atoms with Gasteiger partial charge in [-0.05, 0) is 54.3 Å². The fourth-order valence-electron chi connectivity index (χ4n) is 3.11. The fourth-order valence-corrected chi connectivity index (χ4v) is 3.11. The van der Waals surface area contributed by atoms with Gasteiger partial charge in [-0.25, -0.2) is 9.18 Å². The first-order valence-electron chi connectivity index (χ1n) is 8.48. The third-order valence-electron chi connectivity index (χ3n) is 4.55. The van der Waals surface area contributed by atoms with E-state index in [1.165, 1.54) is 13.0 Å². The molecule has 0 aliphatic heterocycles. The minimum Gasteiger partial charge on any atom is -0.489 e. The van der Waals surface area contributed by atoms with Crippen LogP contribution in [-0.2, 0) is 11.4 Å². The Morgan fingerprint density at radius 3 is 2.54 bits per heavy atom. The molecule has 1 aliphatic carbocycles. The van der Waals surface area contributed by atoms with Crippen molar-refractivity contribution in [3.05, 3.63) is 82.9 Å². The van der Waals surface area contributed by atoms with Gasteiger partial charge in [-0.15, -0.1) is 0 Å². The average molecular weight is 352 g/mol. The number of alkyl halides is 1. The normalized spacial score (nSPS) is 19.5. The monoisotopic (exact) mass is 352 g/mol. The van der Waals surface area contributed by atoms with Crippen LogP contribution < -0.4 is 4.74 Å². The van der Waals surface area contributed by atoms with E-state index >= 15 is 0 Å². The van der Waals surface area contributed by atoms with E-state index in [4.69, 9.17) is 9.84 Å². The van der Waals surface area contributed by atoms with E-state index in [2.05, 4.69) is 0 Å². The topological polar surface area (TPSA) is 46.5 Å². The van der Waals surface area contributed by atoms with Crippen molar-refractivity contribution in [2.24, 2.45) is 0 Å². The Balaban J connectivity index is 1.78. The zero-order valence-electron chi connectivity index (χ0n) is 14.8. The fraction of sp³-hybridized carbons (Fsp3) is 0.227. The Morgan fingerprint density at radius 1 is 1.19 bits per heavy atom. The lowest BCUT2D eigenvalue weighted by atomic mass is 9.83. The number of rotatable bonds is 5. The van der Waals surface area contributed by atoms with Gasteiger partial charge in [0, 0.05) is 6.42 Å². The summed E-state index contributed by atoms with van der Waals surface area (Å²) in [5, 5.41) is 9.11. The van der Waals surface area contributed by atoms with Crippen molar-refractivity contribution in [2.45, 2.75) is 32.5 Å². The van der Waals surface area contributed by atoms with Gasteiger partial charge in [-0.3, -0.25) is 0 Å². The van der Waals surface area contributed by atoms with Crippen LogP contribution in [0.25, 0.3) is 5.57 Å². The van der Waals surface area contributed by atoms with Gasteiger partial charge in [0.05, 0.1) is 5.57 Å². The van der Waals surface area contributed by atoms with Crippen molar-refractivity contribution in [2.75, 3.05) is 0 Å². The predicted molar refractivity (Wildman–Crippen MR) is 99.8 cm³/mol. The number of carbonyl (C=O) groups is 1. The molecule has 4 heteroatoms. The molecule has 26 heavy (non-hydrogen) atoms. The third-order valence-corrected chi connectivity index (χ3v) is 4.55. The SMILES string of the molecule is Cc1cc(C2=CC=C(C(=O)O)C(C)(F)C2)ccc1OCc1ccccc1. The molecule has 1 atom stereocenters. The minimum absolute atomic E-state index is 0.0365. The highest BCUT2D eigenvalue weighted by molar-refractivity contribution is 5.91. The molecule has 2 aromatic carbocycles. The van der Waals surface area contributed by atoms with Gasteiger partial charge in [-0.2, -0.15) is 0 Å².